The van der Waals surface area contributed by atoms with E-state index < -0.39 is 10.0 Å². The van der Waals surface area contributed by atoms with Crippen molar-refractivity contribution >= 4 is 21.6 Å². The monoisotopic (exact) mass is 458 g/mol. The highest BCUT2D eigenvalue weighted by Gasteiger charge is 2.17. The van der Waals surface area contributed by atoms with E-state index in [1.54, 1.807) is 42.7 Å². The number of benzene rings is 2. The van der Waals surface area contributed by atoms with Crippen LogP contribution in [-0.4, -0.2) is 45.1 Å². The summed E-state index contributed by atoms with van der Waals surface area (Å²) < 4.78 is 43.0. The summed E-state index contributed by atoms with van der Waals surface area (Å²) in [7, 11) is -0.939. The third-order valence-corrected chi connectivity index (χ3v) is 5.66. The summed E-state index contributed by atoms with van der Waals surface area (Å²) in [5, 5.41) is 2.70. The molecule has 0 fully saturated rings. The van der Waals surface area contributed by atoms with Gasteiger partial charge in [0.05, 0.1) is 19.1 Å². The molecule has 0 saturated carbocycles. The molecule has 168 valence electrons. The minimum atomic E-state index is -3.82. The maximum Gasteiger partial charge on any atom is 0.321 e. The number of amides is 1. The quantitative estimate of drug-likeness (QED) is 0.474. The maximum atomic E-state index is 12.5. The van der Waals surface area contributed by atoms with Gasteiger partial charge in [-0.1, -0.05) is 0 Å². The van der Waals surface area contributed by atoms with E-state index in [9.17, 15) is 13.2 Å². The lowest BCUT2D eigenvalue weighted by Gasteiger charge is -2.11. The molecule has 0 saturated heterocycles. The third-order valence-electron chi connectivity index (χ3n) is 4.20. The van der Waals surface area contributed by atoms with Gasteiger partial charge in [0.2, 0.25) is 15.9 Å². The number of nitrogens with zero attached hydrogens (tertiary/aromatic N) is 2. The molecular formula is C21H22N4O6S. The summed E-state index contributed by atoms with van der Waals surface area (Å²) in [6.07, 6.45) is 3.08. The van der Waals surface area contributed by atoms with Crippen LogP contribution in [-0.2, 0) is 14.8 Å². The van der Waals surface area contributed by atoms with Gasteiger partial charge in [-0.15, -0.1) is 0 Å². The Kier molecular flexibility index (Phi) is 7.58. The zero-order valence-corrected chi connectivity index (χ0v) is 18.3. The number of anilines is 1. The molecule has 0 radical (unpaired) electrons. The summed E-state index contributed by atoms with van der Waals surface area (Å²) >= 11 is 0. The van der Waals surface area contributed by atoms with Crippen molar-refractivity contribution in [2.45, 2.75) is 11.3 Å². The number of methoxy groups -OCH3 is 2. The molecular weight excluding hydrogens is 436 g/mol. The van der Waals surface area contributed by atoms with Crippen molar-refractivity contribution in [1.29, 1.82) is 0 Å². The molecule has 0 aliphatic rings. The molecule has 0 unspecified atom stereocenters. The van der Waals surface area contributed by atoms with Crippen LogP contribution in [0.2, 0.25) is 0 Å². The smallest absolute Gasteiger partial charge is 0.321 e. The largest absolute Gasteiger partial charge is 0.493 e. The SMILES string of the molecule is COc1ccc(S(=O)(=O)NCCC(=O)Nc2ccc(Oc3ncccn3)cc2)cc1OC. The first kappa shape index (κ1) is 23.0. The number of hydrogen-bond acceptors (Lipinski definition) is 8. The number of carbonyl (C=O) groups excluding carboxylic acids is 1. The highest BCUT2D eigenvalue weighted by Crippen LogP contribution is 2.29. The predicted molar refractivity (Wildman–Crippen MR) is 117 cm³/mol. The van der Waals surface area contributed by atoms with Gasteiger partial charge in [-0.25, -0.2) is 23.1 Å². The Morgan fingerprint density at radius 2 is 1.66 bits per heavy atom. The fourth-order valence-corrected chi connectivity index (χ4v) is 3.69. The number of aromatic nitrogens is 2. The van der Waals surface area contributed by atoms with Crippen molar-refractivity contribution in [2.24, 2.45) is 0 Å². The van der Waals surface area contributed by atoms with E-state index in [4.69, 9.17) is 14.2 Å². The van der Waals surface area contributed by atoms with Gasteiger partial charge >= 0.3 is 6.01 Å². The van der Waals surface area contributed by atoms with Gasteiger partial charge in [0.25, 0.3) is 0 Å². The Labute approximate surface area is 185 Å². The van der Waals surface area contributed by atoms with E-state index >= 15 is 0 Å². The van der Waals surface area contributed by atoms with E-state index in [0.29, 0.717) is 22.9 Å². The summed E-state index contributed by atoms with van der Waals surface area (Å²) in [6.45, 7) is -0.0744. The Bertz CT molecular complexity index is 1150. The van der Waals surface area contributed by atoms with Gasteiger partial charge in [-0.2, -0.15) is 0 Å². The normalized spacial score (nSPS) is 10.9. The van der Waals surface area contributed by atoms with E-state index in [-0.39, 0.29) is 29.8 Å². The standard InChI is InChI=1S/C21H22N4O6S/c1-29-18-9-8-17(14-19(18)30-2)32(27,28)24-13-10-20(26)25-15-4-6-16(7-5-15)31-21-22-11-3-12-23-21/h3-9,11-12,14,24H,10,13H2,1-2H3,(H,25,26). The van der Waals surface area contributed by atoms with E-state index in [2.05, 4.69) is 20.0 Å². The molecule has 1 heterocycles. The third kappa shape index (κ3) is 6.15. The molecule has 2 aromatic carbocycles. The van der Waals surface area contributed by atoms with Crippen LogP contribution in [0.3, 0.4) is 0 Å². The van der Waals surface area contributed by atoms with E-state index in [1.807, 2.05) is 0 Å². The van der Waals surface area contributed by atoms with Gasteiger partial charge in [0.15, 0.2) is 11.5 Å². The molecule has 0 atom stereocenters. The lowest BCUT2D eigenvalue weighted by molar-refractivity contribution is -0.116. The first-order valence-electron chi connectivity index (χ1n) is 9.48. The Balaban J connectivity index is 1.50. The van der Waals surface area contributed by atoms with Gasteiger partial charge in [-0.3, -0.25) is 4.79 Å². The Morgan fingerprint density at radius 1 is 0.969 bits per heavy atom. The second-order valence-electron chi connectivity index (χ2n) is 6.37. The molecule has 1 aromatic heterocycles. The number of rotatable bonds is 10. The van der Waals surface area contributed by atoms with Crippen molar-refractivity contribution in [3.05, 3.63) is 60.9 Å². The predicted octanol–water partition coefficient (Wildman–Crippen LogP) is 2.59. The first-order chi connectivity index (χ1) is 15.4. The molecule has 3 aromatic rings. The van der Waals surface area contributed by atoms with Gasteiger partial charge < -0.3 is 19.5 Å². The molecule has 32 heavy (non-hydrogen) atoms. The summed E-state index contributed by atoms with van der Waals surface area (Å²) in [4.78, 5) is 20.1. The molecule has 3 rings (SSSR count). The molecule has 0 aliphatic heterocycles. The molecule has 10 nitrogen and oxygen atoms in total. The Hall–Kier alpha value is -3.70. The maximum absolute atomic E-state index is 12.5. The minimum absolute atomic E-state index is 0.00791. The number of sulfonamides is 1. The van der Waals surface area contributed by atoms with Crippen LogP contribution in [0.1, 0.15) is 6.42 Å². The van der Waals surface area contributed by atoms with Crippen LogP contribution in [0.25, 0.3) is 0 Å². The molecule has 1 amide bonds. The van der Waals surface area contributed by atoms with Crippen LogP contribution in [0.4, 0.5) is 5.69 Å². The zero-order valence-electron chi connectivity index (χ0n) is 17.4. The number of hydrogen-bond donors (Lipinski definition) is 2. The molecule has 0 spiro atoms. The first-order valence-corrected chi connectivity index (χ1v) is 11.0. The highest BCUT2D eigenvalue weighted by atomic mass is 32.2. The van der Waals surface area contributed by atoms with Crippen molar-refractivity contribution in [1.82, 2.24) is 14.7 Å². The fraction of sp³-hybridized carbons (Fsp3) is 0.190. The number of carbonyl (C=O) groups is 1. The molecule has 0 aliphatic carbocycles. The lowest BCUT2D eigenvalue weighted by atomic mass is 10.3. The minimum Gasteiger partial charge on any atom is -0.493 e. The van der Waals surface area contributed by atoms with Crippen LogP contribution in [0, 0.1) is 0 Å². The molecule has 0 bridgehead atoms. The van der Waals surface area contributed by atoms with Gasteiger partial charge in [0.1, 0.15) is 5.75 Å². The van der Waals surface area contributed by atoms with Crippen LogP contribution < -0.4 is 24.2 Å². The molecule has 11 heteroatoms. The topological polar surface area (TPSA) is 129 Å². The van der Waals surface area contributed by atoms with Crippen molar-refractivity contribution in [2.75, 3.05) is 26.1 Å². The second-order valence-corrected chi connectivity index (χ2v) is 8.14. The van der Waals surface area contributed by atoms with Crippen LogP contribution >= 0.6 is 0 Å². The summed E-state index contributed by atoms with van der Waals surface area (Å²) in [5.74, 6) is 0.870. The van der Waals surface area contributed by atoms with Gasteiger partial charge in [0, 0.05) is 37.1 Å². The highest BCUT2D eigenvalue weighted by molar-refractivity contribution is 7.89. The zero-order chi connectivity index (χ0) is 23.0. The van der Waals surface area contributed by atoms with E-state index in [1.165, 1.54) is 32.4 Å². The second kappa shape index (κ2) is 10.6. The van der Waals surface area contributed by atoms with Crippen molar-refractivity contribution in [3.8, 4) is 23.3 Å². The van der Waals surface area contributed by atoms with Crippen LogP contribution in [0.15, 0.2) is 65.8 Å². The van der Waals surface area contributed by atoms with Crippen LogP contribution in [0.5, 0.6) is 23.3 Å². The van der Waals surface area contributed by atoms with Crippen molar-refractivity contribution in [3.63, 3.8) is 0 Å². The van der Waals surface area contributed by atoms with Crippen molar-refractivity contribution < 1.29 is 27.4 Å². The Morgan fingerprint density at radius 3 is 2.31 bits per heavy atom. The fourth-order valence-electron chi connectivity index (χ4n) is 2.64. The molecule has 2 N–H and O–H groups in total. The van der Waals surface area contributed by atoms with E-state index in [0.717, 1.165) is 0 Å². The average molecular weight is 458 g/mol. The number of nitrogens with one attached hydrogen (secondary N) is 2. The lowest BCUT2D eigenvalue weighted by Crippen LogP contribution is -2.27. The summed E-state index contributed by atoms with van der Waals surface area (Å²) in [6, 6.07) is 12.8. The average Bonchev–Trinajstić information content (AvgIpc) is 2.80. The summed E-state index contributed by atoms with van der Waals surface area (Å²) in [5.41, 5.74) is 0.541. The number of ether oxygens (including phenoxy) is 3. The van der Waals surface area contributed by atoms with Gasteiger partial charge in [-0.05, 0) is 42.5 Å².